The van der Waals surface area contributed by atoms with Gasteiger partial charge in [-0.3, -0.25) is 9.69 Å². The van der Waals surface area contributed by atoms with E-state index >= 15 is 0 Å². The summed E-state index contributed by atoms with van der Waals surface area (Å²) in [7, 11) is 4.38. The lowest BCUT2D eigenvalue weighted by Crippen LogP contribution is -2.47. The summed E-state index contributed by atoms with van der Waals surface area (Å²) in [6, 6.07) is 13.3. The Morgan fingerprint density at radius 2 is 1.74 bits per heavy atom. The van der Waals surface area contributed by atoms with Crippen LogP contribution in [0.15, 0.2) is 30.3 Å². The minimum absolute atomic E-state index is 0.0852. The molecule has 4 nitrogen and oxygen atoms in total. The van der Waals surface area contributed by atoms with E-state index in [-0.39, 0.29) is 16.4 Å². The third-order valence-electron chi connectivity index (χ3n) is 7.66. The topological polar surface area (TPSA) is 47.3 Å². The highest BCUT2D eigenvalue weighted by molar-refractivity contribution is 5.79. The SMILES string of the molecule is CN(C)C1(c2ccccc2)CCC2(CC1)CC(=O)N(CCC1(C#N)CC1)C2. The number of amides is 1. The summed E-state index contributed by atoms with van der Waals surface area (Å²) < 4.78 is 0. The maximum atomic E-state index is 12.7. The monoisotopic (exact) mass is 365 g/mol. The van der Waals surface area contributed by atoms with Crippen LogP contribution in [-0.2, 0) is 10.3 Å². The Morgan fingerprint density at radius 1 is 1.07 bits per heavy atom. The molecule has 0 N–H and O–H groups in total. The van der Waals surface area contributed by atoms with Crippen LogP contribution in [0.1, 0.15) is 56.9 Å². The van der Waals surface area contributed by atoms with Gasteiger partial charge in [0.15, 0.2) is 0 Å². The van der Waals surface area contributed by atoms with Gasteiger partial charge in [0.2, 0.25) is 5.91 Å². The number of nitrogens with zero attached hydrogens (tertiary/aromatic N) is 3. The molecule has 1 saturated heterocycles. The molecule has 4 heteroatoms. The van der Waals surface area contributed by atoms with E-state index in [0.29, 0.717) is 12.3 Å². The van der Waals surface area contributed by atoms with Crippen LogP contribution in [0.4, 0.5) is 0 Å². The van der Waals surface area contributed by atoms with Gasteiger partial charge in [-0.05, 0) is 70.0 Å². The van der Waals surface area contributed by atoms with Gasteiger partial charge in [0.1, 0.15) is 0 Å². The number of likely N-dealkylation sites (tertiary alicyclic amines) is 1. The molecule has 4 rings (SSSR count). The Labute approximate surface area is 163 Å². The van der Waals surface area contributed by atoms with E-state index in [1.807, 2.05) is 0 Å². The first-order valence-electron chi connectivity index (χ1n) is 10.3. The number of carbonyl (C=O) groups excluding carboxylic acids is 1. The Hall–Kier alpha value is -1.86. The molecule has 1 spiro atoms. The van der Waals surface area contributed by atoms with E-state index in [4.69, 9.17) is 0 Å². The van der Waals surface area contributed by atoms with Crippen molar-refractivity contribution in [3.8, 4) is 6.07 Å². The Kier molecular flexibility index (Phi) is 4.55. The van der Waals surface area contributed by atoms with Crippen molar-refractivity contribution < 1.29 is 4.79 Å². The Bertz CT molecular complexity index is 737. The zero-order chi connectivity index (χ0) is 19.1. The molecule has 0 unspecified atom stereocenters. The maximum Gasteiger partial charge on any atom is 0.223 e. The predicted octanol–water partition coefficient (Wildman–Crippen LogP) is 3.93. The summed E-state index contributed by atoms with van der Waals surface area (Å²) >= 11 is 0. The highest BCUT2D eigenvalue weighted by Crippen LogP contribution is 2.53. The molecule has 144 valence electrons. The van der Waals surface area contributed by atoms with Gasteiger partial charge in [0, 0.05) is 25.0 Å². The fraction of sp³-hybridized carbons (Fsp3) is 0.652. The van der Waals surface area contributed by atoms with Gasteiger partial charge in [-0.25, -0.2) is 0 Å². The normalized spacial score (nSPS) is 32.1. The molecule has 1 aromatic carbocycles. The molecule has 1 aliphatic heterocycles. The Morgan fingerprint density at radius 3 is 2.30 bits per heavy atom. The van der Waals surface area contributed by atoms with Crippen molar-refractivity contribution in [3.63, 3.8) is 0 Å². The van der Waals surface area contributed by atoms with Gasteiger partial charge in [0.25, 0.3) is 0 Å². The van der Waals surface area contributed by atoms with Gasteiger partial charge >= 0.3 is 0 Å². The standard InChI is InChI=1S/C23H31N3O/c1-25(2)23(19-6-4-3-5-7-19)12-10-22(11-13-23)16-20(27)26(18-22)15-14-21(17-24)8-9-21/h3-7H,8-16,18H2,1-2H3. The third kappa shape index (κ3) is 3.27. The highest BCUT2D eigenvalue weighted by atomic mass is 16.2. The minimum atomic E-state index is -0.115. The fourth-order valence-electron chi connectivity index (χ4n) is 5.37. The van der Waals surface area contributed by atoms with Gasteiger partial charge in [-0.1, -0.05) is 30.3 Å². The second-order valence-corrected chi connectivity index (χ2v) is 9.43. The van der Waals surface area contributed by atoms with Crippen LogP contribution in [0.2, 0.25) is 0 Å². The van der Waals surface area contributed by atoms with Gasteiger partial charge in [0.05, 0.1) is 11.5 Å². The summed E-state index contributed by atoms with van der Waals surface area (Å²) in [6.45, 7) is 1.66. The maximum absolute atomic E-state index is 12.7. The first kappa shape index (κ1) is 18.5. The molecule has 0 atom stereocenters. The van der Waals surface area contributed by atoms with Gasteiger partial charge in [-0.15, -0.1) is 0 Å². The van der Waals surface area contributed by atoms with E-state index in [0.717, 1.165) is 58.0 Å². The molecular formula is C23H31N3O. The van der Waals surface area contributed by atoms with Gasteiger partial charge < -0.3 is 4.90 Å². The molecule has 0 radical (unpaired) electrons. The van der Waals surface area contributed by atoms with Crippen LogP contribution in [0.3, 0.4) is 0 Å². The van der Waals surface area contributed by atoms with Crippen molar-refractivity contribution in [2.45, 2.75) is 56.9 Å². The molecule has 3 aliphatic rings. The summed E-state index contributed by atoms with van der Waals surface area (Å²) in [4.78, 5) is 17.1. The van der Waals surface area contributed by atoms with Crippen LogP contribution in [0.5, 0.6) is 0 Å². The lowest BCUT2D eigenvalue weighted by Gasteiger charge is -2.48. The second kappa shape index (κ2) is 6.63. The van der Waals surface area contributed by atoms with E-state index in [1.54, 1.807) is 0 Å². The molecular weight excluding hydrogens is 334 g/mol. The summed E-state index contributed by atoms with van der Waals surface area (Å²) in [5, 5.41) is 9.30. The molecule has 1 heterocycles. The van der Waals surface area contributed by atoms with Crippen molar-refractivity contribution in [2.24, 2.45) is 10.8 Å². The smallest absolute Gasteiger partial charge is 0.223 e. The molecule has 2 aliphatic carbocycles. The lowest BCUT2D eigenvalue weighted by atomic mass is 9.64. The number of nitriles is 1. The lowest BCUT2D eigenvalue weighted by molar-refractivity contribution is -0.128. The number of hydrogen-bond donors (Lipinski definition) is 0. The molecule has 0 aromatic heterocycles. The number of carbonyl (C=O) groups is 1. The first-order chi connectivity index (χ1) is 12.9. The summed E-state index contributed by atoms with van der Waals surface area (Å²) in [5.74, 6) is 0.306. The first-order valence-corrected chi connectivity index (χ1v) is 10.3. The van der Waals surface area contributed by atoms with Crippen molar-refractivity contribution >= 4 is 5.91 Å². The molecule has 0 bridgehead atoms. The van der Waals surface area contributed by atoms with Crippen molar-refractivity contribution in [3.05, 3.63) is 35.9 Å². The van der Waals surface area contributed by atoms with E-state index in [1.165, 1.54) is 5.56 Å². The average molecular weight is 366 g/mol. The summed E-state index contributed by atoms with van der Waals surface area (Å²) in [5.41, 5.74) is 1.52. The van der Waals surface area contributed by atoms with E-state index in [9.17, 15) is 10.1 Å². The molecule has 3 fully saturated rings. The zero-order valence-corrected chi connectivity index (χ0v) is 16.7. The quantitative estimate of drug-likeness (QED) is 0.794. The van der Waals surface area contributed by atoms with Crippen LogP contribution < -0.4 is 0 Å². The van der Waals surface area contributed by atoms with Crippen molar-refractivity contribution in [1.82, 2.24) is 9.80 Å². The van der Waals surface area contributed by atoms with Crippen LogP contribution in [0, 0.1) is 22.2 Å². The van der Waals surface area contributed by atoms with Crippen LogP contribution >= 0.6 is 0 Å². The van der Waals surface area contributed by atoms with Crippen LogP contribution in [-0.4, -0.2) is 42.9 Å². The molecule has 1 amide bonds. The highest BCUT2D eigenvalue weighted by Gasteiger charge is 2.51. The molecule has 1 aromatic rings. The third-order valence-corrected chi connectivity index (χ3v) is 7.66. The molecule has 2 saturated carbocycles. The van der Waals surface area contributed by atoms with Crippen LogP contribution in [0.25, 0.3) is 0 Å². The van der Waals surface area contributed by atoms with E-state index in [2.05, 4.69) is 60.3 Å². The minimum Gasteiger partial charge on any atom is -0.342 e. The summed E-state index contributed by atoms with van der Waals surface area (Å²) in [6.07, 6.45) is 8.00. The van der Waals surface area contributed by atoms with Crippen molar-refractivity contribution in [2.75, 3.05) is 27.2 Å². The number of hydrogen-bond acceptors (Lipinski definition) is 3. The second-order valence-electron chi connectivity index (χ2n) is 9.43. The fourth-order valence-corrected chi connectivity index (χ4v) is 5.37. The van der Waals surface area contributed by atoms with Gasteiger partial charge in [-0.2, -0.15) is 5.26 Å². The largest absolute Gasteiger partial charge is 0.342 e. The molecule has 27 heavy (non-hydrogen) atoms. The zero-order valence-electron chi connectivity index (χ0n) is 16.7. The Balaban J connectivity index is 1.43. The van der Waals surface area contributed by atoms with Crippen molar-refractivity contribution in [1.29, 1.82) is 5.26 Å². The number of benzene rings is 1. The average Bonchev–Trinajstić information content (AvgIpc) is 3.40. The number of rotatable bonds is 5. The predicted molar refractivity (Wildman–Crippen MR) is 106 cm³/mol. The van der Waals surface area contributed by atoms with E-state index < -0.39 is 0 Å².